The summed E-state index contributed by atoms with van der Waals surface area (Å²) in [7, 11) is 1.64. The van der Waals surface area contributed by atoms with Gasteiger partial charge in [0.1, 0.15) is 11.8 Å². The normalized spacial score (nSPS) is 11.8. The summed E-state index contributed by atoms with van der Waals surface area (Å²) >= 11 is 6.27. The van der Waals surface area contributed by atoms with Gasteiger partial charge in [0, 0.05) is 5.69 Å². The van der Waals surface area contributed by atoms with Crippen molar-refractivity contribution in [3.8, 4) is 17.2 Å². The maximum atomic E-state index is 6.27. The number of anilines is 1. The van der Waals surface area contributed by atoms with Gasteiger partial charge >= 0.3 is 0 Å². The fourth-order valence-electron chi connectivity index (χ4n) is 2.88. The smallest absolute Gasteiger partial charge is 0.249 e. The first kappa shape index (κ1) is 18.1. The molecule has 0 spiro atoms. The van der Waals surface area contributed by atoms with Crippen molar-refractivity contribution >= 4 is 17.3 Å². The van der Waals surface area contributed by atoms with Crippen molar-refractivity contribution < 1.29 is 9.15 Å². The van der Waals surface area contributed by atoms with Crippen molar-refractivity contribution in [3.63, 3.8) is 0 Å². The monoisotopic (exact) mass is 391 g/mol. The quantitative estimate of drug-likeness (QED) is 0.463. The molecule has 28 heavy (non-hydrogen) atoms. The Kier molecular flexibility index (Phi) is 5.26. The highest BCUT2D eigenvalue weighted by molar-refractivity contribution is 6.33. The van der Waals surface area contributed by atoms with Gasteiger partial charge in [0.15, 0.2) is 0 Å². The fraction of sp³-hybridized carbons (Fsp3) is 0.0909. The van der Waals surface area contributed by atoms with Crippen molar-refractivity contribution in [1.29, 1.82) is 0 Å². The molecule has 0 radical (unpaired) electrons. The molecule has 0 aliphatic rings. The van der Waals surface area contributed by atoms with Gasteiger partial charge in [0.2, 0.25) is 11.8 Å². The summed E-state index contributed by atoms with van der Waals surface area (Å²) in [6.07, 6.45) is 0. The zero-order chi connectivity index (χ0) is 19.3. The molecule has 1 heterocycles. The number of benzene rings is 3. The lowest BCUT2D eigenvalue weighted by molar-refractivity contribution is 0.415. The number of hydrogen-bond donors (Lipinski definition) is 1. The molecule has 1 unspecified atom stereocenters. The number of ether oxygens (including phenoxy) is 1. The Bertz CT molecular complexity index is 1050. The van der Waals surface area contributed by atoms with E-state index < -0.39 is 0 Å². The SMILES string of the molecule is COc1ccc(NC(c2ccccc2)c2nnc(-c3ccccc3Cl)o2)cc1. The molecule has 0 aliphatic heterocycles. The molecule has 0 saturated carbocycles. The van der Waals surface area contributed by atoms with Gasteiger partial charge in [-0.05, 0) is 42.0 Å². The lowest BCUT2D eigenvalue weighted by Crippen LogP contribution is -2.12. The number of halogens is 1. The second-order valence-electron chi connectivity index (χ2n) is 6.14. The van der Waals surface area contributed by atoms with Crippen LogP contribution in [0.2, 0.25) is 5.02 Å². The zero-order valence-electron chi connectivity index (χ0n) is 15.2. The van der Waals surface area contributed by atoms with E-state index in [9.17, 15) is 0 Å². The molecular weight excluding hydrogens is 374 g/mol. The van der Waals surface area contributed by atoms with Crippen molar-refractivity contribution in [1.82, 2.24) is 10.2 Å². The summed E-state index contributed by atoms with van der Waals surface area (Å²) in [5, 5.41) is 12.5. The van der Waals surface area contributed by atoms with Crippen LogP contribution in [0.3, 0.4) is 0 Å². The molecule has 1 atom stereocenters. The van der Waals surface area contributed by atoms with Gasteiger partial charge in [-0.25, -0.2) is 0 Å². The summed E-state index contributed by atoms with van der Waals surface area (Å²) in [6, 6.07) is 24.7. The first-order valence-electron chi connectivity index (χ1n) is 8.78. The summed E-state index contributed by atoms with van der Waals surface area (Å²) in [5.74, 6) is 1.63. The zero-order valence-corrected chi connectivity index (χ0v) is 15.9. The van der Waals surface area contributed by atoms with Crippen LogP contribution in [0.25, 0.3) is 11.5 Å². The van der Waals surface area contributed by atoms with Crippen molar-refractivity contribution in [3.05, 3.63) is 95.3 Å². The second kappa shape index (κ2) is 8.15. The van der Waals surface area contributed by atoms with E-state index in [1.807, 2.05) is 72.8 Å². The molecule has 0 fully saturated rings. The molecule has 0 amide bonds. The number of nitrogens with zero attached hydrogens (tertiary/aromatic N) is 2. The van der Waals surface area contributed by atoms with Gasteiger partial charge < -0.3 is 14.5 Å². The van der Waals surface area contributed by atoms with E-state index in [1.54, 1.807) is 13.2 Å². The van der Waals surface area contributed by atoms with Crippen LogP contribution in [0.5, 0.6) is 5.75 Å². The molecule has 140 valence electrons. The summed E-state index contributed by atoms with van der Waals surface area (Å²) in [6.45, 7) is 0. The lowest BCUT2D eigenvalue weighted by Gasteiger charge is -2.17. The largest absolute Gasteiger partial charge is 0.497 e. The van der Waals surface area contributed by atoms with Crippen LogP contribution in [-0.4, -0.2) is 17.3 Å². The molecular formula is C22H18ClN3O2. The molecule has 3 aromatic carbocycles. The Morgan fingerprint density at radius 3 is 2.32 bits per heavy atom. The van der Waals surface area contributed by atoms with E-state index >= 15 is 0 Å². The Morgan fingerprint density at radius 2 is 1.61 bits per heavy atom. The van der Waals surface area contributed by atoms with Gasteiger partial charge in [0.05, 0.1) is 17.7 Å². The van der Waals surface area contributed by atoms with Crippen LogP contribution in [0, 0.1) is 0 Å². The van der Waals surface area contributed by atoms with Crippen molar-refractivity contribution in [2.75, 3.05) is 12.4 Å². The van der Waals surface area contributed by atoms with Crippen molar-refractivity contribution in [2.45, 2.75) is 6.04 Å². The molecule has 4 aromatic rings. The highest BCUT2D eigenvalue weighted by Gasteiger charge is 2.22. The Morgan fingerprint density at radius 1 is 0.893 bits per heavy atom. The number of hydrogen-bond acceptors (Lipinski definition) is 5. The fourth-order valence-corrected chi connectivity index (χ4v) is 3.10. The van der Waals surface area contributed by atoms with Gasteiger partial charge in [-0.15, -0.1) is 10.2 Å². The molecule has 6 heteroatoms. The Labute approximate surface area is 168 Å². The average molecular weight is 392 g/mol. The minimum atomic E-state index is -0.307. The van der Waals surface area contributed by atoms with Crippen LogP contribution in [-0.2, 0) is 0 Å². The maximum Gasteiger partial charge on any atom is 0.249 e. The minimum absolute atomic E-state index is 0.307. The summed E-state index contributed by atoms with van der Waals surface area (Å²) in [4.78, 5) is 0. The molecule has 4 rings (SSSR count). The number of methoxy groups -OCH3 is 1. The Hall–Kier alpha value is -3.31. The van der Waals surface area contributed by atoms with E-state index in [-0.39, 0.29) is 6.04 Å². The second-order valence-corrected chi connectivity index (χ2v) is 6.55. The van der Waals surface area contributed by atoms with Crippen LogP contribution in [0.15, 0.2) is 83.3 Å². The topological polar surface area (TPSA) is 60.2 Å². The average Bonchev–Trinajstić information content (AvgIpc) is 3.23. The molecule has 1 aromatic heterocycles. The summed E-state index contributed by atoms with van der Waals surface area (Å²) in [5.41, 5.74) is 2.62. The van der Waals surface area contributed by atoms with Crippen LogP contribution in [0.1, 0.15) is 17.5 Å². The number of nitrogens with one attached hydrogen (secondary N) is 1. The first-order valence-corrected chi connectivity index (χ1v) is 9.16. The highest BCUT2D eigenvalue weighted by Crippen LogP contribution is 2.31. The third-order valence-electron chi connectivity index (χ3n) is 4.33. The molecule has 0 bridgehead atoms. The highest BCUT2D eigenvalue weighted by atomic mass is 35.5. The van der Waals surface area contributed by atoms with E-state index in [4.69, 9.17) is 20.8 Å². The lowest BCUT2D eigenvalue weighted by atomic mass is 10.1. The van der Waals surface area contributed by atoms with Crippen LogP contribution in [0.4, 0.5) is 5.69 Å². The predicted molar refractivity (Wildman–Crippen MR) is 110 cm³/mol. The van der Waals surface area contributed by atoms with E-state index in [2.05, 4.69) is 15.5 Å². The van der Waals surface area contributed by atoms with Crippen LogP contribution >= 0.6 is 11.6 Å². The molecule has 1 N–H and O–H groups in total. The van der Waals surface area contributed by atoms with Gasteiger partial charge in [-0.2, -0.15) is 0 Å². The molecule has 0 saturated heterocycles. The van der Waals surface area contributed by atoms with E-state index in [1.165, 1.54) is 0 Å². The van der Waals surface area contributed by atoms with E-state index in [0.29, 0.717) is 22.4 Å². The summed E-state index contributed by atoms with van der Waals surface area (Å²) < 4.78 is 11.2. The Balaban J connectivity index is 1.69. The maximum absolute atomic E-state index is 6.27. The standard InChI is InChI=1S/C22H18ClN3O2/c1-27-17-13-11-16(12-14-17)24-20(15-7-3-2-4-8-15)22-26-25-21(28-22)18-9-5-6-10-19(18)23/h2-14,20,24H,1H3. The van der Waals surface area contributed by atoms with E-state index in [0.717, 1.165) is 17.0 Å². The molecule has 0 aliphatic carbocycles. The molecule has 5 nitrogen and oxygen atoms in total. The van der Waals surface area contributed by atoms with Gasteiger partial charge in [-0.1, -0.05) is 54.1 Å². The van der Waals surface area contributed by atoms with Gasteiger partial charge in [-0.3, -0.25) is 0 Å². The number of aromatic nitrogens is 2. The van der Waals surface area contributed by atoms with Crippen molar-refractivity contribution in [2.24, 2.45) is 0 Å². The van der Waals surface area contributed by atoms with Gasteiger partial charge in [0.25, 0.3) is 0 Å². The number of rotatable bonds is 6. The third-order valence-corrected chi connectivity index (χ3v) is 4.66. The first-order chi connectivity index (χ1) is 13.7. The minimum Gasteiger partial charge on any atom is -0.497 e. The predicted octanol–water partition coefficient (Wildman–Crippen LogP) is 5.60. The van der Waals surface area contributed by atoms with Crippen LogP contribution < -0.4 is 10.1 Å². The third kappa shape index (κ3) is 3.85.